The van der Waals surface area contributed by atoms with Crippen molar-refractivity contribution in [1.82, 2.24) is 4.90 Å². The van der Waals surface area contributed by atoms with E-state index in [4.69, 9.17) is 9.47 Å². The Morgan fingerprint density at radius 1 is 1.14 bits per heavy atom. The number of benzene rings is 3. The molecule has 2 amide bonds. The van der Waals surface area contributed by atoms with Gasteiger partial charge in [0.2, 0.25) is 0 Å². The monoisotopic (exact) mass is 600 g/mol. The molecule has 0 aliphatic carbocycles. The van der Waals surface area contributed by atoms with Gasteiger partial charge in [0.1, 0.15) is 12.4 Å². The van der Waals surface area contributed by atoms with Crippen LogP contribution in [0.1, 0.15) is 22.3 Å². The Balaban J connectivity index is 1.54. The maximum absolute atomic E-state index is 13.2. The first kappa shape index (κ1) is 24.8. The summed E-state index contributed by atoms with van der Waals surface area (Å²) in [6.07, 6.45) is 1.63. The van der Waals surface area contributed by atoms with Gasteiger partial charge in [0.25, 0.3) is 11.1 Å². The number of rotatable bonds is 7. The van der Waals surface area contributed by atoms with Crippen LogP contribution in [0.15, 0.2) is 65.6 Å². The van der Waals surface area contributed by atoms with Gasteiger partial charge in [-0.1, -0.05) is 30.3 Å². The van der Waals surface area contributed by atoms with Crippen molar-refractivity contribution in [1.29, 1.82) is 5.26 Å². The first-order chi connectivity index (χ1) is 16.9. The maximum atomic E-state index is 13.2. The third-order valence-electron chi connectivity index (χ3n) is 5.19. The first-order valence-electron chi connectivity index (χ1n) is 10.4. The van der Waals surface area contributed by atoms with E-state index in [1.54, 1.807) is 36.4 Å². The number of nitrogens with zero attached hydrogens (tertiary/aromatic N) is 2. The van der Waals surface area contributed by atoms with E-state index in [0.717, 1.165) is 25.8 Å². The number of hydrogen-bond donors (Lipinski definition) is 0. The summed E-state index contributed by atoms with van der Waals surface area (Å²) < 4.78 is 25.4. The molecule has 0 aromatic heterocycles. The number of methoxy groups -OCH3 is 1. The summed E-state index contributed by atoms with van der Waals surface area (Å²) in [6.45, 7) is 0.262. The van der Waals surface area contributed by atoms with Gasteiger partial charge in [-0.15, -0.1) is 0 Å². The summed E-state index contributed by atoms with van der Waals surface area (Å²) in [4.78, 5) is 26.8. The van der Waals surface area contributed by atoms with Crippen molar-refractivity contribution in [3.05, 3.63) is 97.2 Å². The molecular formula is C26H18FIN2O4S. The Morgan fingerprint density at radius 2 is 1.89 bits per heavy atom. The lowest BCUT2D eigenvalue weighted by molar-refractivity contribution is -0.123. The SMILES string of the molecule is COc1cc(/C=C2\SC(=O)N(Cc3ccc(F)cc3)C2=O)cc(I)c1OCc1ccccc1C#N. The largest absolute Gasteiger partial charge is 0.493 e. The highest BCUT2D eigenvalue weighted by Gasteiger charge is 2.35. The molecule has 0 atom stereocenters. The highest BCUT2D eigenvalue weighted by atomic mass is 127. The Morgan fingerprint density at radius 3 is 2.60 bits per heavy atom. The second kappa shape index (κ2) is 10.9. The fourth-order valence-electron chi connectivity index (χ4n) is 3.43. The summed E-state index contributed by atoms with van der Waals surface area (Å²) in [5, 5.41) is 8.90. The topological polar surface area (TPSA) is 79.6 Å². The van der Waals surface area contributed by atoms with Crippen molar-refractivity contribution in [2.24, 2.45) is 0 Å². The van der Waals surface area contributed by atoms with Crippen LogP contribution in [-0.2, 0) is 17.9 Å². The summed E-state index contributed by atoms with van der Waals surface area (Å²) in [7, 11) is 1.52. The molecule has 0 saturated carbocycles. The molecule has 3 aromatic rings. The van der Waals surface area contributed by atoms with Crippen LogP contribution in [0.5, 0.6) is 11.5 Å². The summed E-state index contributed by atoms with van der Waals surface area (Å²) in [5.41, 5.74) is 2.62. The minimum absolute atomic E-state index is 0.0695. The zero-order chi connectivity index (χ0) is 24.9. The van der Waals surface area contributed by atoms with Crippen molar-refractivity contribution in [2.75, 3.05) is 7.11 Å². The lowest BCUT2D eigenvalue weighted by atomic mass is 10.1. The van der Waals surface area contributed by atoms with E-state index in [-0.39, 0.29) is 29.1 Å². The zero-order valence-corrected chi connectivity index (χ0v) is 21.4. The van der Waals surface area contributed by atoms with E-state index in [1.165, 1.54) is 19.2 Å². The standard InChI is InChI=1S/C26H18FIN2O4S/c1-33-22-11-17(10-21(28)24(22)34-15-19-5-3-2-4-18(19)13-29)12-23-25(31)30(26(32)35-23)14-16-6-8-20(27)9-7-16/h2-12H,14-15H2,1H3/b23-12-. The molecule has 0 unspecified atom stereocenters. The molecule has 0 N–H and O–H groups in total. The van der Waals surface area contributed by atoms with Crippen molar-refractivity contribution in [3.63, 3.8) is 0 Å². The number of ether oxygens (including phenoxy) is 2. The number of nitriles is 1. The molecule has 1 aliphatic heterocycles. The number of halogens is 2. The van der Waals surface area contributed by atoms with Crippen LogP contribution in [0.3, 0.4) is 0 Å². The van der Waals surface area contributed by atoms with Gasteiger partial charge < -0.3 is 9.47 Å². The lowest BCUT2D eigenvalue weighted by Gasteiger charge is -2.14. The lowest BCUT2D eigenvalue weighted by Crippen LogP contribution is -2.27. The highest BCUT2D eigenvalue weighted by molar-refractivity contribution is 14.1. The number of hydrogen-bond acceptors (Lipinski definition) is 6. The quantitative estimate of drug-likeness (QED) is 0.240. The molecule has 1 saturated heterocycles. The van der Waals surface area contributed by atoms with Crippen LogP contribution in [0.4, 0.5) is 9.18 Å². The zero-order valence-electron chi connectivity index (χ0n) is 18.5. The van der Waals surface area contributed by atoms with Gasteiger partial charge in [-0.2, -0.15) is 5.26 Å². The fraction of sp³-hybridized carbons (Fsp3) is 0.115. The summed E-state index contributed by atoms with van der Waals surface area (Å²) in [6, 6.07) is 18.6. The van der Waals surface area contributed by atoms with Gasteiger partial charge in [0.15, 0.2) is 11.5 Å². The predicted octanol–water partition coefficient (Wildman–Crippen LogP) is 6.13. The van der Waals surface area contributed by atoms with Crippen molar-refractivity contribution in [2.45, 2.75) is 13.2 Å². The number of carbonyl (C=O) groups excluding carboxylic acids is 2. The van der Waals surface area contributed by atoms with E-state index >= 15 is 0 Å². The van der Waals surface area contributed by atoms with Crippen LogP contribution in [-0.4, -0.2) is 23.2 Å². The number of thioether (sulfide) groups is 1. The third-order valence-corrected chi connectivity index (χ3v) is 6.90. The minimum atomic E-state index is -0.410. The van der Waals surface area contributed by atoms with Gasteiger partial charge in [0.05, 0.1) is 33.8 Å². The smallest absolute Gasteiger partial charge is 0.293 e. The van der Waals surface area contributed by atoms with Crippen LogP contribution in [0.25, 0.3) is 6.08 Å². The highest BCUT2D eigenvalue weighted by Crippen LogP contribution is 2.38. The average Bonchev–Trinajstić information content (AvgIpc) is 3.11. The van der Waals surface area contributed by atoms with E-state index in [1.807, 2.05) is 18.2 Å². The van der Waals surface area contributed by atoms with Crippen LogP contribution >= 0.6 is 34.4 Å². The maximum Gasteiger partial charge on any atom is 0.293 e. The molecule has 6 nitrogen and oxygen atoms in total. The normalized spacial score (nSPS) is 14.3. The van der Waals surface area contributed by atoms with Crippen molar-refractivity contribution < 1.29 is 23.5 Å². The molecule has 0 bridgehead atoms. The Labute approximate surface area is 219 Å². The van der Waals surface area contributed by atoms with Gasteiger partial charge in [-0.05, 0) is 81.9 Å². The molecule has 35 heavy (non-hydrogen) atoms. The van der Waals surface area contributed by atoms with E-state index in [0.29, 0.717) is 28.2 Å². The first-order valence-corrected chi connectivity index (χ1v) is 12.3. The molecular weight excluding hydrogens is 582 g/mol. The second-order valence-corrected chi connectivity index (χ2v) is 9.64. The Hall–Kier alpha value is -3.36. The van der Waals surface area contributed by atoms with E-state index < -0.39 is 5.91 Å². The molecule has 0 radical (unpaired) electrons. The molecule has 4 rings (SSSR count). The fourth-order valence-corrected chi connectivity index (χ4v) is 5.05. The number of imide groups is 1. The molecule has 0 spiro atoms. The predicted molar refractivity (Wildman–Crippen MR) is 139 cm³/mol. The van der Waals surface area contributed by atoms with Crippen LogP contribution in [0.2, 0.25) is 0 Å². The van der Waals surface area contributed by atoms with E-state index in [9.17, 15) is 19.2 Å². The molecule has 1 aliphatic rings. The van der Waals surface area contributed by atoms with Crippen LogP contribution in [0, 0.1) is 20.7 Å². The van der Waals surface area contributed by atoms with Gasteiger partial charge in [0, 0.05) is 5.56 Å². The van der Waals surface area contributed by atoms with Crippen LogP contribution < -0.4 is 9.47 Å². The molecule has 9 heteroatoms. The van der Waals surface area contributed by atoms with Gasteiger partial charge in [-0.3, -0.25) is 14.5 Å². The Bertz CT molecular complexity index is 1370. The average molecular weight is 600 g/mol. The Kier molecular flexibility index (Phi) is 7.73. The van der Waals surface area contributed by atoms with E-state index in [2.05, 4.69) is 28.7 Å². The van der Waals surface area contributed by atoms with Crippen molar-refractivity contribution in [3.8, 4) is 17.6 Å². The minimum Gasteiger partial charge on any atom is -0.493 e. The molecule has 3 aromatic carbocycles. The number of carbonyl (C=O) groups is 2. The molecule has 176 valence electrons. The number of amides is 2. The van der Waals surface area contributed by atoms with Crippen molar-refractivity contribution >= 4 is 51.6 Å². The third kappa shape index (κ3) is 5.66. The van der Waals surface area contributed by atoms with Gasteiger partial charge >= 0.3 is 0 Å². The summed E-state index contributed by atoms with van der Waals surface area (Å²) >= 11 is 2.97. The molecule has 1 fully saturated rings. The summed E-state index contributed by atoms with van der Waals surface area (Å²) in [5.74, 6) is 0.185. The second-order valence-electron chi connectivity index (χ2n) is 7.49. The van der Waals surface area contributed by atoms with Gasteiger partial charge in [-0.25, -0.2) is 4.39 Å². The molecule has 1 heterocycles.